The van der Waals surface area contributed by atoms with Gasteiger partial charge in [0.05, 0.1) is 5.56 Å². The van der Waals surface area contributed by atoms with Crippen LogP contribution in [0.2, 0.25) is 0 Å². The van der Waals surface area contributed by atoms with Crippen LogP contribution in [-0.4, -0.2) is 53.4 Å². The maximum Gasteiger partial charge on any atom is 0.258 e. The summed E-state index contributed by atoms with van der Waals surface area (Å²) >= 11 is 0. The van der Waals surface area contributed by atoms with Crippen LogP contribution in [0.3, 0.4) is 0 Å². The third-order valence-electron chi connectivity index (χ3n) is 3.19. The summed E-state index contributed by atoms with van der Waals surface area (Å²) in [6.07, 6.45) is 2.47. The van der Waals surface area contributed by atoms with Gasteiger partial charge in [-0.25, -0.2) is 4.98 Å². The third kappa shape index (κ3) is 2.85. The number of rotatable bonds is 3. The number of aromatic nitrogens is 1. The summed E-state index contributed by atoms with van der Waals surface area (Å²) in [5.74, 6) is -0.935. The van der Waals surface area contributed by atoms with Crippen molar-refractivity contribution < 1.29 is 9.18 Å². The van der Waals surface area contributed by atoms with E-state index in [1.54, 1.807) is 11.0 Å². The molecular formula is C13H18FN3O. The van der Waals surface area contributed by atoms with E-state index >= 15 is 0 Å². The van der Waals surface area contributed by atoms with Gasteiger partial charge in [0.2, 0.25) is 5.95 Å². The summed E-state index contributed by atoms with van der Waals surface area (Å²) in [6.45, 7) is 6.25. The zero-order chi connectivity index (χ0) is 13.0. The molecule has 0 aromatic carbocycles. The highest BCUT2D eigenvalue weighted by molar-refractivity contribution is 5.94. The van der Waals surface area contributed by atoms with E-state index in [4.69, 9.17) is 0 Å². The molecule has 1 aliphatic heterocycles. The second-order valence-electron chi connectivity index (χ2n) is 4.48. The molecule has 1 amide bonds. The topological polar surface area (TPSA) is 36.4 Å². The highest BCUT2D eigenvalue weighted by Crippen LogP contribution is 2.10. The molecule has 0 radical (unpaired) electrons. The van der Waals surface area contributed by atoms with E-state index in [1.165, 1.54) is 12.3 Å². The first-order chi connectivity index (χ1) is 8.72. The van der Waals surface area contributed by atoms with Gasteiger partial charge < -0.3 is 4.90 Å². The van der Waals surface area contributed by atoms with E-state index < -0.39 is 5.95 Å². The molecule has 1 saturated heterocycles. The predicted octanol–water partition coefficient (Wildman–Crippen LogP) is 1.39. The van der Waals surface area contributed by atoms with Crippen molar-refractivity contribution in [2.75, 3.05) is 32.7 Å². The van der Waals surface area contributed by atoms with E-state index in [9.17, 15) is 9.18 Å². The normalized spacial score (nSPS) is 16.9. The molecule has 4 nitrogen and oxygen atoms in total. The Morgan fingerprint density at radius 3 is 2.72 bits per heavy atom. The van der Waals surface area contributed by atoms with Crippen LogP contribution in [0.4, 0.5) is 4.39 Å². The maximum absolute atomic E-state index is 13.4. The first kappa shape index (κ1) is 13.0. The van der Waals surface area contributed by atoms with Crippen LogP contribution < -0.4 is 0 Å². The van der Waals surface area contributed by atoms with Gasteiger partial charge in [0.15, 0.2) is 0 Å². The molecular weight excluding hydrogens is 233 g/mol. The second kappa shape index (κ2) is 5.91. The summed E-state index contributed by atoms with van der Waals surface area (Å²) in [6, 6.07) is 3.08. The summed E-state index contributed by atoms with van der Waals surface area (Å²) < 4.78 is 13.4. The van der Waals surface area contributed by atoms with Crippen LogP contribution in [0.1, 0.15) is 23.7 Å². The van der Waals surface area contributed by atoms with Gasteiger partial charge >= 0.3 is 0 Å². The molecule has 0 unspecified atom stereocenters. The SMILES string of the molecule is CCCN1CCN(C(=O)c2cccnc2F)CC1. The highest BCUT2D eigenvalue weighted by Gasteiger charge is 2.23. The lowest BCUT2D eigenvalue weighted by atomic mass is 10.2. The van der Waals surface area contributed by atoms with Crippen LogP contribution in [0.25, 0.3) is 0 Å². The molecule has 98 valence electrons. The molecule has 2 rings (SSSR count). The van der Waals surface area contributed by atoms with Crippen LogP contribution in [0.15, 0.2) is 18.3 Å². The predicted molar refractivity (Wildman–Crippen MR) is 66.8 cm³/mol. The molecule has 1 aliphatic rings. The summed E-state index contributed by atoms with van der Waals surface area (Å²) in [5.41, 5.74) is 0.0708. The van der Waals surface area contributed by atoms with Gasteiger partial charge in [-0.1, -0.05) is 6.92 Å². The van der Waals surface area contributed by atoms with Crippen molar-refractivity contribution in [3.63, 3.8) is 0 Å². The molecule has 0 bridgehead atoms. The Morgan fingerprint density at radius 2 is 2.11 bits per heavy atom. The van der Waals surface area contributed by atoms with Crippen molar-refractivity contribution in [2.45, 2.75) is 13.3 Å². The lowest BCUT2D eigenvalue weighted by Gasteiger charge is -2.34. The van der Waals surface area contributed by atoms with Crippen molar-refractivity contribution in [1.29, 1.82) is 0 Å². The zero-order valence-electron chi connectivity index (χ0n) is 10.6. The van der Waals surface area contributed by atoms with Crippen molar-refractivity contribution in [3.05, 3.63) is 29.8 Å². The smallest absolute Gasteiger partial charge is 0.258 e. The number of hydrogen-bond acceptors (Lipinski definition) is 3. The Kier molecular flexibility index (Phi) is 4.25. The van der Waals surface area contributed by atoms with Crippen molar-refractivity contribution in [3.8, 4) is 0 Å². The molecule has 1 aromatic rings. The first-order valence-corrected chi connectivity index (χ1v) is 6.34. The number of piperazine rings is 1. The van der Waals surface area contributed by atoms with Crippen LogP contribution in [0, 0.1) is 5.95 Å². The summed E-state index contributed by atoms with van der Waals surface area (Å²) in [4.78, 5) is 19.7. The fraction of sp³-hybridized carbons (Fsp3) is 0.538. The Hall–Kier alpha value is -1.49. The number of amides is 1. The molecule has 0 atom stereocenters. The van der Waals surface area contributed by atoms with E-state index in [1.807, 2.05) is 0 Å². The minimum Gasteiger partial charge on any atom is -0.336 e. The van der Waals surface area contributed by atoms with Gasteiger partial charge in [-0.05, 0) is 25.1 Å². The van der Waals surface area contributed by atoms with Crippen molar-refractivity contribution in [1.82, 2.24) is 14.8 Å². The minimum absolute atomic E-state index is 0.0708. The van der Waals surface area contributed by atoms with Crippen LogP contribution in [-0.2, 0) is 0 Å². The average Bonchev–Trinajstić information content (AvgIpc) is 2.40. The first-order valence-electron chi connectivity index (χ1n) is 6.34. The van der Waals surface area contributed by atoms with E-state index in [0.717, 1.165) is 26.1 Å². The van der Waals surface area contributed by atoms with Gasteiger partial charge in [0, 0.05) is 32.4 Å². The number of pyridine rings is 1. The number of carbonyl (C=O) groups excluding carboxylic acids is 1. The van der Waals surface area contributed by atoms with Gasteiger partial charge in [-0.3, -0.25) is 9.69 Å². The van der Waals surface area contributed by atoms with Crippen molar-refractivity contribution >= 4 is 5.91 Å². The zero-order valence-corrected chi connectivity index (χ0v) is 10.6. The standard InChI is InChI=1S/C13H18FN3O/c1-2-6-16-7-9-17(10-8-16)13(18)11-4-3-5-15-12(11)14/h3-5H,2,6-10H2,1H3. The maximum atomic E-state index is 13.4. The lowest BCUT2D eigenvalue weighted by Crippen LogP contribution is -2.48. The molecule has 18 heavy (non-hydrogen) atoms. The van der Waals surface area contributed by atoms with E-state index in [2.05, 4.69) is 16.8 Å². The van der Waals surface area contributed by atoms with Gasteiger partial charge in [-0.15, -0.1) is 0 Å². The van der Waals surface area contributed by atoms with E-state index in [0.29, 0.717) is 13.1 Å². The molecule has 0 spiro atoms. The lowest BCUT2D eigenvalue weighted by molar-refractivity contribution is 0.0632. The Bertz CT molecular complexity index is 416. The van der Waals surface area contributed by atoms with Crippen LogP contribution in [0.5, 0.6) is 0 Å². The van der Waals surface area contributed by atoms with Gasteiger partial charge in [-0.2, -0.15) is 4.39 Å². The Morgan fingerprint density at radius 1 is 1.39 bits per heavy atom. The summed E-state index contributed by atoms with van der Waals surface area (Å²) in [5, 5.41) is 0. The monoisotopic (exact) mass is 251 g/mol. The molecule has 0 aliphatic carbocycles. The number of carbonyl (C=O) groups is 1. The number of hydrogen-bond donors (Lipinski definition) is 0. The van der Waals surface area contributed by atoms with Crippen molar-refractivity contribution in [2.24, 2.45) is 0 Å². The molecule has 5 heteroatoms. The quantitative estimate of drug-likeness (QED) is 0.762. The number of nitrogens with zero attached hydrogens (tertiary/aromatic N) is 3. The largest absolute Gasteiger partial charge is 0.336 e. The minimum atomic E-state index is -0.682. The van der Waals surface area contributed by atoms with Gasteiger partial charge in [0.1, 0.15) is 0 Å². The second-order valence-corrected chi connectivity index (χ2v) is 4.48. The molecule has 0 saturated carbocycles. The average molecular weight is 251 g/mol. The highest BCUT2D eigenvalue weighted by atomic mass is 19.1. The summed E-state index contributed by atoms with van der Waals surface area (Å²) in [7, 11) is 0. The third-order valence-corrected chi connectivity index (χ3v) is 3.19. The Labute approximate surface area is 106 Å². The molecule has 1 aromatic heterocycles. The van der Waals surface area contributed by atoms with Gasteiger partial charge in [0.25, 0.3) is 5.91 Å². The van der Waals surface area contributed by atoms with E-state index in [-0.39, 0.29) is 11.5 Å². The number of halogens is 1. The fourth-order valence-electron chi connectivity index (χ4n) is 2.21. The molecule has 1 fully saturated rings. The van der Waals surface area contributed by atoms with Crippen LogP contribution >= 0.6 is 0 Å². The fourth-order valence-corrected chi connectivity index (χ4v) is 2.21. The Balaban J connectivity index is 1.98. The molecule has 0 N–H and O–H groups in total. The molecule has 2 heterocycles.